The first-order chi connectivity index (χ1) is 50.4. The summed E-state index contributed by atoms with van der Waals surface area (Å²) in [6.07, 6.45) is 47.5. The highest BCUT2D eigenvalue weighted by molar-refractivity contribution is 6.78. The van der Waals surface area contributed by atoms with Crippen molar-refractivity contribution >= 4 is 66.8 Å². The van der Waals surface area contributed by atoms with Crippen LogP contribution in [-0.4, -0.2) is 122 Å². The van der Waals surface area contributed by atoms with Gasteiger partial charge in [0.15, 0.2) is 22.9 Å². The molecule has 0 heterocycles. The lowest BCUT2D eigenvalue weighted by Gasteiger charge is -2.36. The van der Waals surface area contributed by atoms with E-state index in [0.29, 0.717) is 53.2 Å². The third kappa shape index (κ3) is 70.4. The molecule has 0 spiro atoms. The Morgan fingerprint density at radius 1 is 0.394 bits per heavy atom. The number of aromatic hydroxyl groups is 2. The van der Waals surface area contributed by atoms with E-state index in [1.807, 2.05) is 74.5 Å². The van der Waals surface area contributed by atoms with Crippen LogP contribution in [-0.2, 0) is 48.7 Å². The van der Waals surface area contributed by atoms with Crippen LogP contribution in [0.2, 0.25) is 66.0 Å². The highest BCUT2D eigenvalue weighted by atomic mass is 35.5. The Morgan fingerprint density at radius 3 is 0.899 bits per heavy atom. The Kier molecular flexibility index (Phi) is 74.3. The summed E-state index contributed by atoms with van der Waals surface area (Å²) in [5.74, 6) is -0.803. The van der Waals surface area contributed by atoms with E-state index >= 15 is 0 Å². The van der Waals surface area contributed by atoms with Gasteiger partial charge in [0.05, 0.1) is 46.7 Å². The van der Waals surface area contributed by atoms with E-state index in [4.69, 9.17) is 44.9 Å². The molecule has 642 valence electrons. The van der Waals surface area contributed by atoms with Crippen LogP contribution in [0.4, 0.5) is 0 Å². The third-order valence-corrected chi connectivity index (χ3v) is 33.0. The number of hydrogen-bond acceptors (Lipinski definition) is 14. The van der Waals surface area contributed by atoms with Crippen molar-refractivity contribution in [2.24, 2.45) is 16.2 Å². The summed E-state index contributed by atoms with van der Waals surface area (Å²) in [5.41, 5.74) is -0.499. The molecule has 4 N–H and O–H groups in total. The number of carbonyl (C=O) groups is 5. The van der Waals surface area contributed by atoms with Crippen molar-refractivity contribution < 1.29 is 67.5 Å². The van der Waals surface area contributed by atoms with Gasteiger partial charge in [0.25, 0.3) is 0 Å². The fourth-order valence-electron chi connectivity index (χ4n) is 7.87. The standard InChI is InChI=1S/C21H29ClO5.C15H32OSi.2C14H26O2.C12H26O2Si.C7H18Si.C6H14O2.C2H4/c1-14-16(13-23)18(24)15(19(25)17(14)22)11-9-7-5-6-8-10-12-27-20(26)21(2,3)4;1-7-8-9-10-11-12-13-14-16-17(5,6)15(2,3)4;2*1-5-6-7-8-9-10-11-12-16-13(15)14(2,3)4;1-12(2,3)15(4,5)14-11-9-7-6-8-10-13;1-7(2,3)8(4,5)6;7-5-3-1-2-4-6-8;1-2/h7,9,13,24-25H,5-6,8,10-12H2,1-4H3;8-9H,7,10-14H2,1-6H3;2*6-7H,5,8-12H2,1-4H3;10H,6-9,11H2,1-5H3;1-6H3;7-8H,1-6H2;1-2H2/b9-7+;9-8+;2*7-6+;;;;. The molecule has 109 heavy (non-hydrogen) atoms. The minimum absolute atomic E-state index is 0.0862. The van der Waals surface area contributed by atoms with Crippen molar-refractivity contribution in [2.75, 3.05) is 46.2 Å². The fourth-order valence-corrected chi connectivity index (χ4v) is 10.3. The summed E-state index contributed by atoms with van der Waals surface area (Å²) in [6.45, 7) is 71.8. The molecule has 1 rings (SSSR count). The van der Waals surface area contributed by atoms with Crippen LogP contribution >= 0.6 is 11.6 Å². The van der Waals surface area contributed by atoms with Crippen molar-refractivity contribution in [3.8, 4) is 11.5 Å². The first kappa shape index (κ1) is 118. The van der Waals surface area contributed by atoms with Crippen molar-refractivity contribution in [2.45, 2.75) is 393 Å². The Labute approximate surface area is 680 Å². The number of allylic oxidation sites excluding steroid dienone is 8. The van der Waals surface area contributed by atoms with Gasteiger partial charge in [-0.2, -0.15) is 0 Å². The predicted octanol–water partition coefficient (Wildman–Crippen LogP) is 27.1. The van der Waals surface area contributed by atoms with E-state index in [1.165, 1.54) is 38.5 Å². The maximum absolute atomic E-state index is 11.6. The van der Waals surface area contributed by atoms with Crippen molar-refractivity contribution in [1.29, 1.82) is 0 Å². The van der Waals surface area contributed by atoms with Crippen LogP contribution in [0.5, 0.6) is 11.5 Å². The van der Waals surface area contributed by atoms with Crippen LogP contribution < -0.4 is 0 Å². The minimum atomic E-state index is -1.54. The molecule has 0 saturated heterocycles. The van der Waals surface area contributed by atoms with Gasteiger partial charge in [-0.15, -0.1) is 13.2 Å². The Hall–Kier alpha value is -3.95. The number of phenolic OH excluding ortho intramolecular Hbond substituents is 2. The second-order valence-corrected chi connectivity index (χ2v) is 52.1. The van der Waals surface area contributed by atoms with Gasteiger partial charge in [-0.25, -0.2) is 0 Å². The quantitative estimate of drug-likeness (QED) is 0.0120. The van der Waals surface area contributed by atoms with Gasteiger partial charge < -0.3 is 48.3 Å². The molecule has 0 aromatic heterocycles. The summed E-state index contributed by atoms with van der Waals surface area (Å²) in [7, 11) is -3.90. The molecule has 0 aliphatic carbocycles. The van der Waals surface area contributed by atoms with Gasteiger partial charge in [0, 0.05) is 46.5 Å². The Bertz CT molecular complexity index is 2460. The molecule has 1 aromatic carbocycles. The number of carbonyl (C=O) groups excluding carboxylic acids is 5. The zero-order valence-corrected chi connectivity index (χ0v) is 79.9. The van der Waals surface area contributed by atoms with Crippen LogP contribution in [0.3, 0.4) is 0 Å². The lowest BCUT2D eigenvalue weighted by molar-refractivity contribution is -0.153. The average Bonchev–Trinajstić information content (AvgIpc) is 0.795. The number of rotatable bonds is 43. The van der Waals surface area contributed by atoms with Crippen LogP contribution in [0, 0.1) is 23.2 Å². The number of aliphatic hydroxyl groups excluding tert-OH is 2. The number of benzene rings is 1. The molecule has 0 aliphatic rings. The van der Waals surface area contributed by atoms with Gasteiger partial charge in [0.1, 0.15) is 17.8 Å². The molecule has 14 nitrogen and oxygen atoms in total. The van der Waals surface area contributed by atoms with Gasteiger partial charge in [-0.1, -0.05) is 189 Å². The van der Waals surface area contributed by atoms with Crippen LogP contribution in [0.15, 0.2) is 61.8 Å². The first-order valence-corrected chi connectivity index (χ1v) is 51.3. The van der Waals surface area contributed by atoms with Crippen molar-refractivity contribution in [3.63, 3.8) is 0 Å². The zero-order valence-electron chi connectivity index (χ0n) is 76.2. The van der Waals surface area contributed by atoms with Gasteiger partial charge >= 0.3 is 17.9 Å². The molecule has 0 amide bonds. The van der Waals surface area contributed by atoms with Gasteiger partial charge in [0.2, 0.25) is 0 Å². The Morgan fingerprint density at radius 2 is 0.661 bits per heavy atom. The van der Waals surface area contributed by atoms with Crippen molar-refractivity contribution in [1.82, 2.24) is 0 Å². The molecule has 1 aromatic rings. The highest BCUT2D eigenvalue weighted by Crippen LogP contribution is 2.41. The predicted molar refractivity (Wildman–Crippen MR) is 479 cm³/mol. The number of aldehydes is 2. The monoisotopic (exact) mass is 1610 g/mol. The summed E-state index contributed by atoms with van der Waals surface area (Å²) in [6, 6.07) is 0. The smallest absolute Gasteiger partial charge is 0.311 e. The van der Waals surface area contributed by atoms with E-state index in [-0.39, 0.29) is 76.0 Å². The number of ether oxygens (including phenoxy) is 3. The second kappa shape index (κ2) is 68.5. The van der Waals surface area contributed by atoms with Gasteiger partial charge in [-0.3, -0.25) is 19.2 Å². The molecule has 0 bridgehead atoms. The van der Waals surface area contributed by atoms with E-state index in [0.717, 1.165) is 148 Å². The summed E-state index contributed by atoms with van der Waals surface area (Å²) >= 11 is 6.02. The number of phenols is 2. The normalized spacial score (nSPS) is 12.1. The molecule has 0 fully saturated rings. The average molecular weight is 1610 g/mol. The molecular formula is C91H175ClO14Si3. The number of hydrogen-bond donors (Lipinski definition) is 4. The maximum Gasteiger partial charge on any atom is 0.311 e. The SMILES string of the molecule is C=C.CC(C)(C)[Si](C)(C)C.CC(C)(C)[Si](C)(C)OCCCCCC=O.CC/C=C/CCCCCOC(=O)C(C)(C)C.CC/C=C/CCCCCOC(=O)C(C)(C)C.CC/C=C/CCCCCO[Si](C)(C)C(C)(C)C.Cc1c(Cl)c(O)c(C/C=C/CCCCCOC(=O)C(C)(C)C)c(O)c1C=O.OCCCCCCO. The van der Waals surface area contributed by atoms with E-state index in [9.17, 15) is 34.2 Å². The number of aliphatic hydroxyl groups is 2. The minimum Gasteiger partial charge on any atom is -0.507 e. The molecule has 0 unspecified atom stereocenters. The topological polar surface area (TPSA) is 212 Å². The number of esters is 3. The molecule has 18 heteroatoms. The summed E-state index contributed by atoms with van der Waals surface area (Å²) in [4.78, 5) is 55.6. The summed E-state index contributed by atoms with van der Waals surface area (Å²) in [5, 5.41) is 38.2. The van der Waals surface area contributed by atoms with E-state index in [1.54, 1.807) is 6.92 Å². The third-order valence-electron chi connectivity index (χ3n) is 19.0. The lowest BCUT2D eigenvalue weighted by Crippen LogP contribution is -2.40. The van der Waals surface area contributed by atoms with Crippen LogP contribution in [0.1, 0.15) is 340 Å². The summed E-state index contributed by atoms with van der Waals surface area (Å²) < 4.78 is 27.7. The second-order valence-electron chi connectivity index (χ2n) is 36.1. The van der Waals surface area contributed by atoms with E-state index < -0.39 is 30.1 Å². The van der Waals surface area contributed by atoms with Crippen LogP contribution in [0.25, 0.3) is 0 Å². The van der Waals surface area contributed by atoms with Crippen molar-refractivity contribution in [3.05, 3.63) is 83.5 Å². The number of unbranched alkanes of at least 4 members (excludes halogenated alkanes) is 18. The Balaban J connectivity index is -0.000000229. The van der Waals surface area contributed by atoms with E-state index in [2.05, 4.69) is 179 Å². The van der Waals surface area contributed by atoms with Gasteiger partial charge in [-0.05, 0) is 264 Å². The first-order valence-electron chi connectivity index (χ1n) is 41.6. The molecule has 0 atom stereocenters. The number of halogens is 1. The maximum atomic E-state index is 11.6. The zero-order chi connectivity index (χ0) is 86.1. The highest BCUT2D eigenvalue weighted by Gasteiger charge is 2.38. The molecular weight excluding hydrogens is 1440 g/mol. The molecule has 0 saturated carbocycles. The molecule has 0 radical (unpaired) electrons. The molecule has 0 aliphatic heterocycles. The fraction of sp³-hybridized carbons (Fsp3) is 0.769. The lowest BCUT2D eigenvalue weighted by atomic mass is 9.97. The largest absolute Gasteiger partial charge is 0.507 e.